The van der Waals surface area contributed by atoms with Gasteiger partial charge in [0.15, 0.2) is 0 Å². The van der Waals surface area contributed by atoms with E-state index < -0.39 is 28.5 Å². The molecule has 41 heavy (non-hydrogen) atoms. The maximum Gasteiger partial charge on any atom is 0.244 e. The number of rotatable bonds is 13. The highest BCUT2D eigenvalue weighted by Crippen LogP contribution is 2.28. The van der Waals surface area contributed by atoms with Crippen molar-refractivity contribution in [1.29, 1.82) is 0 Å². The first-order chi connectivity index (χ1) is 19.4. The van der Waals surface area contributed by atoms with E-state index in [9.17, 15) is 18.0 Å². The lowest BCUT2D eigenvalue weighted by Crippen LogP contribution is -2.53. The van der Waals surface area contributed by atoms with Crippen molar-refractivity contribution in [3.63, 3.8) is 0 Å². The van der Waals surface area contributed by atoms with Crippen molar-refractivity contribution in [1.82, 2.24) is 10.2 Å². The number of benzene rings is 3. The van der Waals surface area contributed by atoms with Crippen LogP contribution in [0, 0.1) is 5.92 Å². The predicted molar refractivity (Wildman–Crippen MR) is 167 cm³/mol. The molecule has 0 bridgehead atoms. The molecule has 3 aromatic rings. The molecule has 0 heterocycles. The number of nitrogens with one attached hydrogen (secondary N) is 1. The van der Waals surface area contributed by atoms with Crippen LogP contribution in [0.5, 0.6) is 0 Å². The fraction of sp³-hybridized carbons (Fsp3) is 0.355. The zero-order valence-electron chi connectivity index (χ0n) is 23.8. The van der Waals surface area contributed by atoms with E-state index in [1.54, 1.807) is 30.3 Å². The lowest BCUT2D eigenvalue weighted by molar-refractivity contribution is -0.140. The van der Waals surface area contributed by atoms with Crippen molar-refractivity contribution in [2.24, 2.45) is 5.92 Å². The summed E-state index contributed by atoms with van der Waals surface area (Å²) in [6, 6.07) is 20.4. The summed E-state index contributed by atoms with van der Waals surface area (Å²) in [5.41, 5.74) is 2.71. The molecule has 0 radical (unpaired) electrons. The van der Waals surface area contributed by atoms with E-state index in [0.717, 1.165) is 28.1 Å². The second-order valence-electron chi connectivity index (χ2n) is 10.4. The summed E-state index contributed by atoms with van der Waals surface area (Å²) >= 11 is 13.0. The van der Waals surface area contributed by atoms with Gasteiger partial charge in [-0.1, -0.05) is 92.5 Å². The minimum Gasteiger partial charge on any atom is -0.354 e. The van der Waals surface area contributed by atoms with Crippen molar-refractivity contribution in [2.45, 2.75) is 46.2 Å². The smallest absolute Gasteiger partial charge is 0.244 e. The first-order valence-electron chi connectivity index (χ1n) is 13.5. The van der Waals surface area contributed by atoms with E-state index in [1.807, 2.05) is 63.2 Å². The zero-order valence-corrected chi connectivity index (χ0v) is 26.1. The Morgan fingerprint density at radius 1 is 0.878 bits per heavy atom. The molecule has 0 fully saturated rings. The Morgan fingerprint density at radius 2 is 1.49 bits per heavy atom. The number of hydrogen-bond acceptors (Lipinski definition) is 4. The SMILES string of the molecule is CCc1ccc(N(CC(=O)N(Cc2c(Cl)cccc2Cl)[C@H](Cc2ccccc2)C(=O)NCC(C)C)S(C)(=O)=O)cc1. The van der Waals surface area contributed by atoms with Crippen molar-refractivity contribution < 1.29 is 18.0 Å². The van der Waals surface area contributed by atoms with Gasteiger partial charge in [0.05, 0.1) is 11.9 Å². The number of nitrogens with zero attached hydrogens (tertiary/aromatic N) is 2. The van der Waals surface area contributed by atoms with Crippen LogP contribution in [0.3, 0.4) is 0 Å². The van der Waals surface area contributed by atoms with Crippen LogP contribution >= 0.6 is 23.2 Å². The average Bonchev–Trinajstić information content (AvgIpc) is 2.93. The Balaban J connectivity index is 2.08. The summed E-state index contributed by atoms with van der Waals surface area (Å²) in [7, 11) is -3.85. The molecule has 0 saturated carbocycles. The first-order valence-corrected chi connectivity index (χ1v) is 16.1. The Labute approximate surface area is 253 Å². The number of carbonyl (C=O) groups is 2. The summed E-state index contributed by atoms with van der Waals surface area (Å²) in [6.07, 6.45) is 2.06. The van der Waals surface area contributed by atoms with E-state index in [2.05, 4.69) is 5.32 Å². The molecule has 0 unspecified atom stereocenters. The molecule has 3 aromatic carbocycles. The number of aryl methyl sites for hydroxylation is 1. The van der Waals surface area contributed by atoms with Crippen LogP contribution in [-0.2, 0) is 39.0 Å². The van der Waals surface area contributed by atoms with Crippen molar-refractivity contribution in [3.8, 4) is 0 Å². The molecule has 1 N–H and O–H groups in total. The molecule has 0 saturated heterocycles. The number of amides is 2. The average molecular weight is 619 g/mol. The quantitative estimate of drug-likeness (QED) is 0.265. The maximum atomic E-state index is 14.2. The minimum atomic E-state index is -3.85. The Morgan fingerprint density at radius 3 is 2.02 bits per heavy atom. The number of anilines is 1. The Hall–Kier alpha value is -3.07. The number of hydrogen-bond donors (Lipinski definition) is 1. The molecule has 0 aliphatic rings. The lowest BCUT2D eigenvalue weighted by Gasteiger charge is -2.34. The summed E-state index contributed by atoms with van der Waals surface area (Å²) in [6.45, 7) is 5.78. The van der Waals surface area contributed by atoms with Crippen LogP contribution in [0.25, 0.3) is 0 Å². The van der Waals surface area contributed by atoms with Gasteiger partial charge in [0.2, 0.25) is 21.8 Å². The minimum absolute atomic E-state index is 0.0870. The molecule has 10 heteroatoms. The van der Waals surface area contributed by atoms with E-state index >= 15 is 0 Å². The molecule has 7 nitrogen and oxygen atoms in total. The molecule has 0 aliphatic carbocycles. The third-order valence-electron chi connectivity index (χ3n) is 6.66. The summed E-state index contributed by atoms with van der Waals surface area (Å²) < 4.78 is 26.9. The Bertz CT molecular complexity index is 1410. The monoisotopic (exact) mass is 617 g/mol. The van der Waals surface area contributed by atoms with Gasteiger partial charge in [-0.05, 0) is 47.7 Å². The molecule has 0 aromatic heterocycles. The molecular formula is C31H37Cl2N3O4S. The van der Waals surface area contributed by atoms with Crippen molar-refractivity contribution in [3.05, 3.63) is 99.5 Å². The van der Waals surface area contributed by atoms with Gasteiger partial charge in [0.1, 0.15) is 12.6 Å². The van der Waals surface area contributed by atoms with E-state index in [4.69, 9.17) is 23.2 Å². The molecular weight excluding hydrogens is 581 g/mol. The van der Waals surface area contributed by atoms with Gasteiger partial charge in [0, 0.05) is 35.1 Å². The molecule has 2 amide bonds. The number of halogens is 2. The molecule has 0 aliphatic heterocycles. The zero-order chi connectivity index (χ0) is 30.2. The third-order valence-corrected chi connectivity index (χ3v) is 8.51. The highest BCUT2D eigenvalue weighted by atomic mass is 35.5. The maximum absolute atomic E-state index is 14.2. The standard InChI is InChI=1S/C31H37Cl2N3O4S/c1-5-23-14-16-25(17-15-23)36(41(4,39)40)21-30(37)35(20-26-27(32)12-9-13-28(26)33)29(31(38)34-19-22(2)3)18-24-10-7-6-8-11-24/h6-17,22,29H,5,18-21H2,1-4H3,(H,34,38)/t29-/m1/s1. The van der Waals surface area contributed by atoms with Crippen LogP contribution < -0.4 is 9.62 Å². The molecule has 220 valence electrons. The third kappa shape index (κ3) is 9.21. The summed E-state index contributed by atoms with van der Waals surface area (Å²) in [5.74, 6) is -0.728. The molecule has 0 spiro atoms. The van der Waals surface area contributed by atoms with Gasteiger partial charge >= 0.3 is 0 Å². The van der Waals surface area contributed by atoms with E-state index in [1.165, 1.54) is 4.90 Å². The van der Waals surface area contributed by atoms with Crippen LogP contribution in [0.1, 0.15) is 37.5 Å². The van der Waals surface area contributed by atoms with Gasteiger partial charge < -0.3 is 10.2 Å². The van der Waals surface area contributed by atoms with E-state index in [0.29, 0.717) is 27.8 Å². The van der Waals surface area contributed by atoms with Crippen molar-refractivity contribution >= 4 is 50.7 Å². The Kier molecular flexibility index (Phi) is 11.6. The normalized spacial score (nSPS) is 12.2. The first kappa shape index (κ1) is 32.4. The lowest BCUT2D eigenvalue weighted by atomic mass is 10.0. The fourth-order valence-electron chi connectivity index (χ4n) is 4.34. The van der Waals surface area contributed by atoms with Gasteiger partial charge in [0.25, 0.3) is 0 Å². The van der Waals surface area contributed by atoms with Gasteiger partial charge in [-0.3, -0.25) is 13.9 Å². The number of carbonyl (C=O) groups excluding carboxylic acids is 2. The number of sulfonamides is 1. The highest BCUT2D eigenvalue weighted by Gasteiger charge is 2.33. The predicted octanol–water partition coefficient (Wildman–Crippen LogP) is 5.73. The second-order valence-corrected chi connectivity index (χ2v) is 13.1. The highest BCUT2D eigenvalue weighted by molar-refractivity contribution is 7.92. The van der Waals surface area contributed by atoms with Crippen LogP contribution in [0.15, 0.2) is 72.8 Å². The summed E-state index contributed by atoms with van der Waals surface area (Å²) in [4.78, 5) is 29.2. The molecule has 1 atom stereocenters. The van der Waals surface area contributed by atoms with E-state index in [-0.39, 0.29) is 24.8 Å². The second kappa shape index (κ2) is 14.7. The van der Waals surface area contributed by atoms with Crippen LogP contribution in [0.4, 0.5) is 5.69 Å². The topological polar surface area (TPSA) is 86.8 Å². The molecule has 3 rings (SSSR count). The van der Waals surface area contributed by atoms with Gasteiger partial charge in [-0.15, -0.1) is 0 Å². The van der Waals surface area contributed by atoms with Gasteiger partial charge in [-0.25, -0.2) is 8.42 Å². The van der Waals surface area contributed by atoms with Crippen LogP contribution in [0.2, 0.25) is 10.0 Å². The summed E-state index contributed by atoms with van der Waals surface area (Å²) in [5, 5.41) is 3.63. The fourth-order valence-corrected chi connectivity index (χ4v) is 5.71. The largest absolute Gasteiger partial charge is 0.354 e. The van der Waals surface area contributed by atoms with Crippen molar-refractivity contribution in [2.75, 3.05) is 23.7 Å². The van der Waals surface area contributed by atoms with Gasteiger partial charge in [-0.2, -0.15) is 0 Å². The van der Waals surface area contributed by atoms with Crippen LogP contribution in [-0.4, -0.2) is 50.5 Å².